The lowest BCUT2D eigenvalue weighted by Gasteiger charge is -2.11. The summed E-state index contributed by atoms with van der Waals surface area (Å²) in [6.45, 7) is 2.72. The Morgan fingerprint density at radius 1 is 1.40 bits per heavy atom. The van der Waals surface area contributed by atoms with Gasteiger partial charge < -0.3 is 5.32 Å². The van der Waals surface area contributed by atoms with Crippen molar-refractivity contribution in [1.82, 2.24) is 10.3 Å². The minimum atomic E-state index is -3.12. The Hall–Kier alpha value is -1.24. The molecule has 0 amide bonds. The molecule has 20 heavy (non-hydrogen) atoms. The molecular formula is C14H16N2O2S2. The van der Waals surface area contributed by atoms with Crippen molar-refractivity contribution in [3.05, 3.63) is 45.9 Å². The van der Waals surface area contributed by atoms with Gasteiger partial charge in [-0.3, -0.25) is 0 Å². The number of nitrogens with one attached hydrogen (secondary N) is 1. The number of fused-ring (bicyclic) bond motifs is 1. The van der Waals surface area contributed by atoms with Gasteiger partial charge in [-0.25, -0.2) is 13.4 Å². The maximum atomic E-state index is 12.0. The molecule has 0 radical (unpaired) electrons. The van der Waals surface area contributed by atoms with Crippen LogP contribution in [0.5, 0.6) is 0 Å². The molecule has 2 aromatic rings. The summed E-state index contributed by atoms with van der Waals surface area (Å²) >= 11 is 1.64. The number of hydrogen-bond donors (Lipinski definition) is 1. The van der Waals surface area contributed by atoms with Gasteiger partial charge in [0.25, 0.3) is 0 Å². The maximum Gasteiger partial charge on any atom is 0.180 e. The number of aryl methyl sites for hydroxylation is 1. The van der Waals surface area contributed by atoms with Crippen molar-refractivity contribution in [1.29, 1.82) is 0 Å². The third kappa shape index (κ3) is 2.63. The van der Waals surface area contributed by atoms with Gasteiger partial charge in [0.05, 0.1) is 21.3 Å². The van der Waals surface area contributed by atoms with Gasteiger partial charge in [-0.05, 0) is 18.6 Å². The van der Waals surface area contributed by atoms with Crippen LogP contribution in [-0.4, -0.2) is 25.7 Å². The molecule has 6 heteroatoms. The van der Waals surface area contributed by atoms with Crippen LogP contribution < -0.4 is 5.32 Å². The number of hydrogen-bond acceptors (Lipinski definition) is 5. The van der Waals surface area contributed by atoms with E-state index in [9.17, 15) is 8.42 Å². The molecule has 0 aliphatic carbocycles. The van der Waals surface area contributed by atoms with E-state index in [0.717, 1.165) is 29.2 Å². The molecule has 0 saturated heterocycles. The second kappa shape index (κ2) is 5.27. The Morgan fingerprint density at radius 2 is 2.20 bits per heavy atom. The summed E-state index contributed by atoms with van der Waals surface area (Å²) in [6.07, 6.45) is 0.822. The molecule has 2 heterocycles. The molecule has 106 valence electrons. The van der Waals surface area contributed by atoms with Gasteiger partial charge in [0.1, 0.15) is 0 Å². The van der Waals surface area contributed by atoms with Crippen molar-refractivity contribution >= 4 is 21.2 Å². The highest BCUT2D eigenvalue weighted by Gasteiger charge is 2.33. The first-order valence-electron chi connectivity index (χ1n) is 6.52. The number of nitrogens with zero attached hydrogens (tertiary/aromatic N) is 1. The number of sulfone groups is 1. The fraction of sp³-hybridized carbons (Fsp3) is 0.357. The summed E-state index contributed by atoms with van der Waals surface area (Å²) in [4.78, 5) is 4.88. The average Bonchev–Trinajstić information content (AvgIpc) is 2.93. The van der Waals surface area contributed by atoms with E-state index in [1.807, 2.05) is 19.1 Å². The molecule has 0 bridgehead atoms. The predicted molar refractivity (Wildman–Crippen MR) is 79.8 cm³/mol. The summed E-state index contributed by atoms with van der Waals surface area (Å²) in [5.41, 5.74) is 1.95. The van der Waals surface area contributed by atoms with E-state index in [0.29, 0.717) is 4.90 Å². The van der Waals surface area contributed by atoms with Gasteiger partial charge in [-0.2, -0.15) is 0 Å². The lowest BCUT2D eigenvalue weighted by molar-refractivity contribution is 0.566. The van der Waals surface area contributed by atoms with Gasteiger partial charge >= 0.3 is 0 Å². The number of thiazole rings is 1. The maximum absolute atomic E-state index is 12.0. The van der Waals surface area contributed by atoms with Crippen molar-refractivity contribution in [2.45, 2.75) is 24.3 Å². The van der Waals surface area contributed by atoms with Gasteiger partial charge in [-0.1, -0.05) is 18.2 Å². The summed E-state index contributed by atoms with van der Waals surface area (Å²) in [7, 11) is -3.12. The Bertz CT molecular complexity index is 722. The zero-order valence-electron chi connectivity index (χ0n) is 11.2. The molecule has 1 aromatic heterocycles. The van der Waals surface area contributed by atoms with Crippen LogP contribution in [0.1, 0.15) is 22.3 Å². The van der Waals surface area contributed by atoms with E-state index in [-0.39, 0.29) is 11.8 Å². The van der Waals surface area contributed by atoms with Crippen molar-refractivity contribution in [3.63, 3.8) is 0 Å². The molecule has 1 atom stereocenters. The van der Waals surface area contributed by atoms with Crippen LogP contribution in [0.4, 0.5) is 0 Å². The highest BCUT2D eigenvalue weighted by molar-refractivity contribution is 7.91. The SMILES string of the molecule is Cc1nc(CCNC2CS(=O)(=O)c3ccccc32)cs1. The average molecular weight is 308 g/mol. The first-order chi connectivity index (χ1) is 9.56. The predicted octanol–water partition coefficient (Wildman–Crippen LogP) is 2.11. The van der Waals surface area contributed by atoms with Crippen molar-refractivity contribution in [2.24, 2.45) is 0 Å². The fourth-order valence-corrected chi connectivity index (χ4v) is 4.94. The molecule has 1 unspecified atom stereocenters. The molecule has 3 rings (SSSR count). The Morgan fingerprint density at radius 3 is 2.95 bits per heavy atom. The van der Waals surface area contributed by atoms with Crippen LogP contribution in [0, 0.1) is 6.92 Å². The quantitative estimate of drug-likeness (QED) is 0.940. The lowest BCUT2D eigenvalue weighted by Crippen LogP contribution is -2.25. The topological polar surface area (TPSA) is 59.1 Å². The normalized spacial score (nSPS) is 19.9. The van der Waals surface area contributed by atoms with E-state index in [1.165, 1.54) is 0 Å². The van der Waals surface area contributed by atoms with Gasteiger partial charge in [0.2, 0.25) is 0 Å². The van der Waals surface area contributed by atoms with Gasteiger partial charge in [0.15, 0.2) is 9.84 Å². The zero-order valence-corrected chi connectivity index (χ0v) is 12.8. The second-order valence-electron chi connectivity index (χ2n) is 4.93. The minimum absolute atomic E-state index is 0.101. The molecule has 0 spiro atoms. The summed E-state index contributed by atoms with van der Waals surface area (Å²) < 4.78 is 24.1. The zero-order chi connectivity index (χ0) is 14.2. The standard InChI is InChI=1S/C14H16N2O2S2/c1-10-16-11(8-19-10)6-7-15-13-9-20(17,18)14-5-3-2-4-12(13)14/h2-5,8,13,15H,6-7,9H2,1H3. The van der Waals surface area contributed by atoms with Crippen molar-refractivity contribution in [3.8, 4) is 0 Å². The molecule has 1 aromatic carbocycles. The summed E-state index contributed by atoms with van der Waals surface area (Å²) in [5, 5.41) is 6.45. The second-order valence-corrected chi connectivity index (χ2v) is 8.00. The minimum Gasteiger partial charge on any atom is -0.309 e. The molecule has 4 nitrogen and oxygen atoms in total. The third-order valence-corrected chi connectivity index (χ3v) is 6.09. The van der Waals surface area contributed by atoms with E-state index in [1.54, 1.807) is 23.5 Å². The first-order valence-corrected chi connectivity index (χ1v) is 9.05. The smallest absolute Gasteiger partial charge is 0.180 e. The van der Waals surface area contributed by atoms with E-state index in [4.69, 9.17) is 0 Å². The monoisotopic (exact) mass is 308 g/mol. The van der Waals surface area contributed by atoms with Crippen LogP contribution in [0.3, 0.4) is 0 Å². The molecule has 1 aliphatic heterocycles. The van der Waals surface area contributed by atoms with Crippen LogP contribution in [0.25, 0.3) is 0 Å². The summed E-state index contributed by atoms with van der Waals surface area (Å²) in [6, 6.07) is 7.14. The van der Waals surface area contributed by atoms with Crippen LogP contribution in [-0.2, 0) is 16.3 Å². The molecular weight excluding hydrogens is 292 g/mol. The van der Waals surface area contributed by atoms with Crippen LogP contribution >= 0.6 is 11.3 Å². The Balaban J connectivity index is 1.68. The van der Waals surface area contributed by atoms with Gasteiger partial charge in [0, 0.05) is 24.4 Å². The first kappa shape index (κ1) is 13.7. The lowest BCUT2D eigenvalue weighted by atomic mass is 10.1. The number of benzene rings is 1. The summed E-state index contributed by atoms with van der Waals surface area (Å²) in [5.74, 6) is 0.155. The van der Waals surface area contributed by atoms with Crippen LogP contribution in [0.2, 0.25) is 0 Å². The van der Waals surface area contributed by atoms with Gasteiger partial charge in [-0.15, -0.1) is 11.3 Å². The van der Waals surface area contributed by atoms with Crippen LogP contribution in [0.15, 0.2) is 34.5 Å². The van der Waals surface area contributed by atoms with E-state index < -0.39 is 9.84 Å². The third-order valence-electron chi connectivity index (χ3n) is 3.45. The number of aromatic nitrogens is 1. The van der Waals surface area contributed by atoms with E-state index >= 15 is 0 Å². The Kier molecular flexibility index (Phi) is 3.62. The van der Waals surface area contributed by atoms with Crippen molar-refractivity contribution < 1.29 is 8.42 Å². The molecule has 1 N–H and O–H groups in total. The fourth-order valence-electron chi connectivity index (χ4n) is 2.52. The van der Waals surface area contributed by atoms with Crippen molar-refractivity contribution in [2.75, 3.05) is 12.3 Å². The largest absolute Gasteiger partial charge is 0.309 e. The van der Waals surface area contributed by atoms with E-state index in [2.05, 4.69) is 15.7 Å². The molecule has 0 fully saturated rings. The number of rotatable bonds is 4. The Labute approximate surface area is 122 Å². The molecule has 1 aliphatic rings. The molecule has 0 saturated carbocycles. The highest BCUT2D eigenvalue weighted by Crippen LogP contribution is 2.32. The highest BCUT2D eigenvalue weighted by atomic mass is 32.2.